The van der Waals surface area contributed by atoms with E-state index in [1.165, 1.54) is 12.5 Å². The van der Waals surface area contributed by atoms with Gasteiger partial charge in [0.15, 0.2) is 17.6 Å². The SMILES string of the molecule is CC(=O)Oc1ccc2c3c1OC1C(OC(=O)CC(C)(C)C)C=C[C@H]4[C@@H](C2)N(C)CC[C@]314. The van der Waals surface area contributed by atoms with Crippen LogP contribution in [-0.2, 0) is 26.2 Å². The lowest BCUT2D eigenvalue weighted by Crippen LogP contribution is -2.65. The van der Waals surface area contributed by atoms with E-state index in [1.807, 2.05) is 32.9 Å². The summed E-state index contributed by atoms with van der Waals surface area (Å²) >= 11 is 0. The maximum atomic E-state index is 12.7. The third kappa shape index (κ3) is 3.10. The molecule has 166 valence electrons. The van der Waals surface area contributed by atoms with Gasteiger partial charge in [0.05, 0.1) is 6.42 Å². The molecular formula is C25H31NO5. The molecule has 1 saturated heterocycles. The summed E-state index contributed by atoms with van der Waals surface area (Å²) in [5.74, 6) is 0.816. The Hall–Kier alpha value is -2.34. The lowest BCUT2D eigenvalue weighted by Gasteiger charge is -2.56. The quantitative estimate of drug-likeness (QED) is 0.420. The van der Waals surface area contributed by atoms with E-state index in [9.17, 15) is 9.59 Å². The largest absolute Gasteiger partial charge is 0.481 e. The first-order valence-corrected chi connectivity index (χ1v) is 11.2. The van der Waals surface area contributed by atoms with Crippen molar-refractivity contribution in [3.8, 4) is 11.5 Å². The fourth-order valence-corrected chi connectivity index (χ4v) is 6.17. The number of carbonyl (C=O) groups excluding carboxylic acids is 2. The summed E-state index contributed by atoms with van der Waals surface area (Å²) in [6.07, 6.45) is 5.68. The van der Waals surface area contributed by atoms with Crippen LogP contribution < -0.4 is 9.47 Å². The van der Waals surface area contributed by atoms with E-state index in [1.54, 1.807) is 0 Å². The summed E-state index contributed by atoms with van der Waals surface area (Å²) in [5.41, 5.74) is 2.00. The molecule has 2 bridgehead atoms. The minimum absolute atomic E-state index is 0.144. The predicted molar refractivity (Wildman–Crippen MR) is 115 cm³/mol. The van der Waals surface area contributed by atoms with Gasteiger partial charge in [0.25, 0.3) is 0 Å². The second-order valence-corrected chi connectivity index (χ2v) is 10.7. The molecule has 0 amide bonds. The number of rotatable bonds is 3. The number of hydrogen-bond donors (Lipinski definition) is 0. The standard InChI is InChI=1S/C25H31NO5/c1-14(27)29-18-8-6-15-12-17-16-7-9-19(30-20(28)13-24(2,3)4)23-25(16,10-11-26(17)5)21(15)22(18)31-23/h6-9,16-17,19,23H,10-13H2,1-5H3/t16-,17+,19?,23?,25-/m0/s1. The maximum Gasteiger partial charge on any atom is 0.308 e. The van der Waals surface area contributed by atoms with Crippen molar-refractivity contribution in [1.82, 2.24) is 4.90 Å². The zero-order valence-electron chi connectivity index (χ0n) is 18.9. The monoisotopic (exact) mass is 425 g/mol. The van der Waals surface area contributed by atoms with Gasteiger partial charge in [-0.15, -0.1) is 0 Å². The van der Waals surface area contributed by atoms with Crippen LogP contribution in [0.4, 0.5) is 0 Å². The number of nitrogens with zero attached hydrogens (tertiary/aromatic N) is 1. The van der Waals surface area contributed by atoms with Crippen molar-refractivity contribution in [2.45, 2.75) is 70.6 Å². The highest BCUT2D eigenvalue weighted by molar-refractivity contribution is 5.73. The second kappa shape index (κ2) is 6.83. The number of piperidine rings is 1. The highest BCUT2D eigenvalue weighted by Crippen LogP contribution is 2.62. The van der Waals surface area contributed by atoms with E-state index in [0.717, 1.165) is 24.9 Å². The summed E-state index contributed by atoms with van der Waals surface area (Å²) in [5, 5.41) is 0. The van der Waals surface area contributed by atoms with Gasteiger partial charge in [-0.2, -0.15) is 0 Å². The molecule has 1 aromatic carbocycles. The second-order valence-electron chi connectivity index (χ2n) is 10.7. The fourth-order valence-electron chi connectivity index (χ4n) is 6.17. The average molecular weight is 426 g/mol. The third-order valence-corrected chi connectivity index (χ3v) is 7.31. The molecule has 4 aliphatic rings. The predicted octanol–water partition coefficient (Wildman–Crippen LogP) is 3.40. The first-order valence-electron chi connectivity index (χ1n) is 11.2. The van der Waals surface area contributed by atoms with Crippen molar-refractivity contribution in [1.29, 1.82) is 0 Å². The first kappa shape index (κ1) is 20.6. The normalized spacial score (nSPS) is 32.8. The Kier molecular flexibility index (Phi) is 4.53. The van der Waals surface area contributed by atoms with E-state index < -0.39 is 6.10 Å². The highest BCUT2D eigenvalue weighted by atomic mass is 16.6. The molecule has 2 unspecified atom stereocenters. The Morgan fingerprint density at radius 2 is 2.03 bits per heavy atom. The number of esters is 2. The van der Waals surface area contributed by atoms with Crippen LogP contribution in [0, 0.1) is 11.3 Å². The van der Waals surface area contributed by atoms with E-state index in [2.05, 4.69) is 24.1 Å². The van der Waals surface area contributed by atoms with Crippen molar-refractivity contribution in [3.63, 3.8) is 0 Å². The third-order valence-electron chi connectivity index (χ3n) is 7.31. The van der Waals surface area contributed by atoms with Crippen LogP contribution in [0.3, 0.4) is 0 Å². The van der Waals surface area contributed by atoms with Crippen LogP contribution in [0.25, 0.3) is 0 Å². The van der Waals surface area contributed by atoms with E-state index in [-0.39, 0.29) is 34.8 Å². The maximum absolute atomic E-state index is 12.7. The smallest absolute Gasteiger partial charge is 0.308 e. The molecule has 0 N–H and O–H groups in total. The number of likely N-dealkylation sites (N-methyl/N-ethyl adjacent to an activating group) is 1. The van der Waals surface area contributed by atoms with Gasteiger partial charge < -0.3 is 19.1 Å². The molecule has 2 aliphatic carbocycles. The Bertz CT molecular complexity index is 977. The van der Waals surface area contributed by atoms with Gasteiger partial charge in [0.1, 0.15) is 6.10 Å². The van der Waals surface area contributed by atoms with Gasteiger partial charge in [0, 0.05) is 29.9 Å². The van der Waals surface area contributed by atoms with Gasteiger partial charge in [-0.25, -0.2) is 0 Å². The van der Waals surface area contributed by atoms with Gasteiger partial charge in [-0.3, -0.25) is 9.59 Å². The number of likely N-dealkylation sites (tertiary alicyclic amines) is 1. The van der Waals surface area contributed by atoms with E-state index in [0.29, 0.717) is 24.0 Å². The highest BCUT2D eigenvalue weighted by Gasteiger charge is 2.65. The molecule has 6 nitrogen and oxygen atoms in total. The van der Waals surface area contributed by atoms with Crippen molar-refractivity contribution < 1.29 is 23.8 Å². The van der Waals surface area contributed by atoms with Crippen LogP contribution in [0.15, 0.2) is 24.3 Å². The zero-order chi connectivity index (χ0) is 22.1. The average Bonchev–Trinajstić information content (AvgIpc) is 3.01. The summed E-state index contributed by atoms with van der Waals surface area (Å²) in [7, 11) is 2.19. The summed E-state index contributed by atoms with van der Waals surface area (Å²) in [4.78, 5) is 26.9. The summed E-state index contributed by atoms with van der Waals surface area (Å²) in [6.45, 7) is 8.44. The van der Waals surface area contributed by atoms with Crippen LogP contribution in [0.5, 0.6) is 11.5 Å². The van der Waals surface area contributed by atoms with Gasteiger partial charge in [-0.1, -0.05) is 32.9 Å². The van der Waals surface area contributed by atoms with E-state index in [4.69, 9.17) is 14.2 Å². The van der Waals surface area contributed by atoms with Gasteiger partial charge in [-0.05, 0) is 49.6 Å². The molecule has 5 rings (SSSR count). The molecule has 1 aromatic rings. The van der Waals surface area contributed by atoms with Crippen molar-refractivity contribution in [2.75, 3.05) is 13.6 Å². The van der Waals surface area contributed by atoms with Crippen LogP contribution in [-0.4, -0.2) is 48.7 Å². The van der Waals surface area contributed by atoms with Gasteiger partial charge in [0.2, 0.25) is 0 Å². The molecule has 6 heteroatoms. The molecule has 31 heavy (non-hydrogen) atoms. The molecule has 1 fully saturated rings. The minimum atomic E-state index is -0.460. The van der Waals surface area contributed by atoms with E-state index >= 15 is 0 Å². The number of carbonyl (C=O) groups is 2. The van der Waals surface area contributed by atoms with Crippen LogP contribution in [0.2, 0.25) is 0 Å². The molecule has 5 atom stereocenters. The number of ether oxygens (including phenoxy) is 3. The summed E-state index contributed by atoms with van der Waals surface area (Å²) < 4.78 is 18.1. The minimum Gasteiger partial charge on any atom is -0.481 e. The van der Waals surface area contributed by atoms with Crippen molar-refractivity contribution >= 4 is 11.9 Å². The zero-order valence-corrected chi connectivity index (χ0v) is 18.9. The van der Waals surface area contributed by atoms with Crippen molar-refractivity contribution in [2.24, 2.45) is 11.3 Å². The lowest BCUT2D eigenvalue weighted by molar-refractivity contribution is -0.157. The van der Waals surface area contributed by atoms with Crippen LogP contribution in [0.1, 0.15) is 51.7 Å². The molecular weight excluding hydrogens is 394 g/mol. The molecule has 0 aromatic heterocycles. The van der Waals surface area contributed by atoms with Crippen LogP contribution >= 0.6 is 0 Å². The molecule has 1 spiro atoms. The molecule has 0 radical (unpaired) electrons. The lowest BCUT2D eigenvalue weighted by atomic mass is 9.53. The molecule has 2 aliphatic heterocycles. The topological polar surface area (TPSA) is 65.1 Å². The number of hydrogen-bond acceptors (Lipinski definition) is 6. The first-order chi connectivity index (χ1) is 14.6. The Morgan fingerprint density at radius 1 is 1.26 bits per heavy atom. The Balaban J connectivity index is 1.59. The molecule has 2 heterocycles. The fraction of sp³-hybridized carbons (Fsp3) is 0.600. The Morgan fingerprint density at radius 3 is 2.74 bits per heavy atom. The van der Waals surface area contributed by atoms with Crippen molar-refractivity contribution in [3.05, 3.63) is 35.4 Å². The Labute approximate surface area is 183 Å². The summed E-state index contributed by atoms with van der Waals surface area (Å²) in [6, 6.07) is 4.29. The van der Waals surface area contributed by atoms with Gasteiger partial charge >= 0.3 is 11.9 Å². The molecule has 0 saturated carbocycles. The number of benzene rings is 1.